The maximum Gasteiger partial charge on any atom is 0.414 e. The lowest BCUT2D eigenvalue weighted by molar-refractivity contribution is -0.318. The highest BCUT2D eigenvalue weighted by molar-refractivity contribution is 5.89. The third kappa shape index (κ3) is 13.4. The molecule has 4 aliphatic heterocycles. The number of nitrogens with zero attached hydrogens (tertiary/aromatic N) is 6. The van der Waals surface area contributed by atoms with E-state index in [0.717, 1.165) is 12.1 Å². The molecule has 0 unspecified atom stereocenters. The first-order valence-corrected chi connectivity index (χ1v) is 25.7. The summed E-state index contributed by atoms with van der Waals surface area (Å²) in [6.07, 6.45) is -8.77. The first kappa shape index (κ1) is 58.7. The molecule has 19 atom stereocenters. The van der Waals surface area contributed by atoms with E-state index in [9.17, 15) is 43.9 Å². The minimum absolute atomic E-state index is 0.0741. The second-order valence-corrected chi connectivity index (χ2v) is 22.1. The van der Waals surface area contributed by atoms with Crippen molar-refractivity contribution in [3.63, 3.8) is 0 Å². The average molecular weight is 1040 g/mol. The van der Waals surface area contributed by atoms with Crippen molar-refractivity contribution in [3.05, 3.63) is 41.7 Å². The molecule has 0 bridgehead atoms. The van der Waals surface area contributed by atoms with Crippen molar-refractivity contribution in [2.24, 2.45) is 17.8 Å². The normalized spacial score (nSPS) is 40.8. The second kappa shape index (κ2) is 23.8. The van der Waals surface area contributed by atoms with Crippen LogP contribution in [-0.2, 0) is 50.9 Å². The molecule has 1 aromatic carbocycles. The number of aromatic nitrogens is 3. The smallest absolute Gasteiger partial charge is 0.414 e. The first-order valence-electron chi connectivity index (χ1n) is 25.7. The summed E-state index contributed by atoms with van der Waals surface area (Å²) in [5.41, 5.74) is -3.82. The van der Waals surface area contributed by atoms with E-state index >= 15 is 0 Å². The van der Waals surface area contributed by atoms with Crippen molar-refractivity contribution in [2.75, 3.05) is 45.7 Å². The van der Waals surface area contributed by atoms with Gasteiger partial charge in [0, 0.05) is 63.3 Å². The number of esters is 1. The molecular formula is C51H82F2N6O14. The number of rotatable bonds is 13. The van der Waals surface area contributed by atoms with Crippen LogP contribution in [0.25, 0.3) is 0 Å². The molecule has 1 amide bonds. The Morgan fingerprint density at radius 2 is 1.63 bits per heavy atom. The molecule has 22 heteroatoms. The molecule has 6 rings (SSSR count). The van der Waals surface area contributed by atoms with Gasteiger partial charge in [-0.3, -0.25) is 9.69 Å². The monoisotopic (exact) mass is 1040 g/mol. The van der Waals surface area contributed by atoms with Gasteiger partial charge in [-0.05, 0) is 99.9 Å². The molecule has 5 heterocycles. The summed E-state index contributed by atoms with van der Waals surface area (Å²) in [5, 5.41) is 68.2. The number of cyclic esters (lactones) is 2. The van der Waals surface area contributed by atoms with Crippen molar-refractivity contribution in [2.45, 2.75) is 204 Å². The fourth-order valence-corrected chi connectivity index (χ4v) is 11.3. The number of aliphatic hydroxyl groups excluding tert-OH is 3. The van der Waals surface area contributed by atoms with Crippen LogP contribution in [0, 0.1) is 29.4 Å². The zero-order valence-corrected chi connectivity index (χ0v) is 44.8. The van der Waals surface area contributed by atoms with Crippen LogP contribution in [-0.4, -0.2) is 200 Å². The summed E-state index contributed by atoms with van der Waals surface area (Å²) in [6.45, 7) is 18.4. The summed E-state index contributed by atoms with van der Waals surface area (Å²) in [4.78, 5) is 32.2. The number of carbonyl (C=O) groups excluding carboxylic acids is 2. The molecule has 1 aromatic heterocycles. The van der Waals surface area contributed by atoms with Crippen molar-refractivity contribution >= 4 is 17.7 Å². The van der Waals surface area contributed by atoms with E-state index in [4.69, 9.17) is 33.2 Å². The van der Waals surface area contributed by atoms with E-state index in [2.05, 4.69) is 10.3 Å². The largest absolute Gasteiger partial charge is 0.459 e. The highest BCUT2D eigenvalue weighted by Gasteiger charge is 2.53. The van der Waals surface area contributed by atoms with E-state index in [-0.39, 0.29) is 44.0 Å². The van der Waals surface area contributed by atoms with E-state index in [1.807, 2.05) is 37.7 Å². The first-order chi connectivity index (χ1) is 34.1. The highest BCUT2D eigenvalue weighted by Crippen LogP contribution is 2.40. The lowest BCUT2D eigenvalue weighted by Crippen LogP contribution is -2.61. The van der Waals surface area contributed by atoms with Gasteiger partial charge in [-0.1, -0.05) is 26.0 Å². The number of ether oxygens (including phenoxy) is 7. The molecule has 414 valence electrons. The van der Waals surface area contributed by atoms with E-state index in [1.165, 1.54) is 25.0 Å². The summed E-state index contributed by atoms with van der Waals surface area (Å²) in [7, 11) is 5.17. The molecule has 0 aliphatic carbocycles. The Labute approximate surface area is 428 Å². The number of amides is 1. The van der Waals surface area contributed by atoms with Crippen molar-refractivity contribution < 1.29 is 77.1 Å². The average Bonchev–Trinajstić information content (AvgIpc) is 3.94. The maximum absolute atomic E-state index is 14.5. The van der Waals surface area contributed by atoms with Crippen LogP contribution >= 0.6 is 0 Å². The number of carbonyl (C=O) groups is 2. The van der Waals surface area contributed by atoms with Gasteiger partial charge < -0.3 is 68.5 Å². The molecule has 0 radical (unpaired) electrons. The van der Waals surface area contributed by atoms with Crippen molar-refractivity contribution in [3.8, 4) is 0 Å². The summed E-state index contributed by atoms with van der Waals surface area (Å²) in [5.74, 6) is -5.02. The zero-order chi connectivity index (χ0) is 54.1. The Balaban J connectivity index is 1.23. The van der Waals surface area contributed by atoms with Crippen LogP contribution in [0.1, 0.15) is 101 Å². The van der Waals surface area contributed by atoms with Crippen molar-refractivity contribution in [1.29, 1.82) is 0 Å². The SMILES string of the molecule is CC[C@H]1OC(=O)[C@H](C)[C@@H](O[C@H]2C[C@@](C)(OC)[C@@H](O)[C@H](C)O2)[C@H](C)[C@@H](O[C@@H]2O[C@H](C)C[C@H](N(C)CCc3cn(C[C@H]4CN(c5ccc(F)c(F)c5)C(=O)O4)nn3)[C@H]2O)[C@](C)(O)C[C@@H](C)CN(C)[C@H](C)[C@@H](O)[C@]1(C)O. The predicted molar refractivity (Wildman–Crippen MR) is 261 cm³/mol. The zero-order valence-electron chi connectivity index (χ0n) is 44.8. The quantitative estimate of drug-likeness (QED) is 0.181. The molecule has 4 aliphatic rings. The molecule has 5 N–H and O–H groups in total. The summed E-state index contributed by atoms with van der Waals surface area (Å²) < 4.78 is 72.7. The Hall–Kier alpha value is -3.52. The van der Waals surface area contributed by atoms with Gasteiger partial charge in [-0.25, -0.2) is 18.3 Å². The van der Waals surface area contributed by atoms with Crippen LogP contribution in [0.5, 0.6) is 0 Å². The Morgan fingerprint density at radius 3 is 2.29 bits per heavy atom. The van der Waals surface area contributed by atoms with E-state index in [1.54, 1.807) is 59.3 Å². The lowest BCUT2D eigenvalue weighted by Gasteiger charge is -2.49. The Morgan fingerprint density at radius 1 is 0.932 bits per heavy atom. The van der Waals surface area contributed by atoms with Gasteiger partial charge in [0.15, 0.2) is 24.2 Å². The molecule has 0 saturated carbocycles. The standard InChI is InChI=1S/C51H82F2N6O14/c1-14-39-51(10,66)43(61)31(6)57(12)23-27(2)21-49(8,65)45(29(4)42(30(5)46(63)71-39)72-40-22-50(9,67-13)44(62)32(7)69-40)73-47-41(60)38(19-28(3)68-47)56(11)18-17-33-24-58(55-54-33)25-35-26-59(48(64)70-35)34-15-16-36(52)37(53)20-34/h15-16,20,24,27-32,35,38-45,47,60-62,65-66H,14,17-19,21-23,25-26H2,1-13H3/t27-,28-,29+,30-,31-,32+,35+,38+,39-,40+,41-,42+,43-,44+,45-,47+,49-,50-,51-/m1/s1. The lowest BCUT2D eigenvalue weighted by atomic mass is 9.77. The number of anilines is 1. The highest BCUT2D eigenvalue weighted by atomic mass is 19.2. The molecule has 0 spiro atoms. The predicted octanol–water partition coefficient (Wildman–Crippen LogP) is 3.41. The van der Waals surface area contributed by atoms with Crippen LogP contribution in [0.3, 0.4) is 0 Å². The van der Waals surface area contributed by atoms with Crippen LogP contribution in [0.2, 0.25) is 0 Å². The fraction of sp³-hybridized carbons (Fsp3) is 0.804. The maximum atomic E-state index is 14.5. The van der Waals surface area contributed by atoms with Gasteiger partial charge in [-0.15, -0.1) is 5.10 Å². The number of halogens is 2. The van der Waals surface area contributed by atoms with Gasteiger partial charge in [0.1, 0.15) is 36.1 Å². The number of aliphatic hydroxyl groups is 5. The minimum Gasteiger partial charge on any atom is -0.459 e. The van der Waals surface area contributed by atoms with Gasteiger partial charge in [0.2, 0.25) is 0 Å². The van der Waals surface area contributed by atoms with Crippen LogP contribution in [0.15, 0.2) is 24.4 Å². The molecule has 4 saturated heterocycles. The third-order valence-electron chi connectivity index (χ3n) is 15.9. The molecule has 4 fully saturated rings. The topological polar surface area (TPSA) is 240 Å². The minimum atomic E-state index is -1.86. The van der Waals surface area contributed by atoms with E-state index in [0.29, 0.717) is 31.6 Å². The number of methoxy groups -OCH3 is 1. The number of likely N-dealkylation sites (N-methyl/N-ethyl adjacent to an activating group) is 2. The van der Waals surface area contributed by atoms with Gasteiger partial charge in [0.05, 0.1) is 66.0 Å². The second-order valence-electron chi connectivity index (χ2n) is 22.1. The molecule has 73 heavy (non-hydrogen) atoms. The Kier molecular flexibility index (Phi) is 19.1. The fourth-order valence-electron chi connectivity index (χ4n) is 11.3. The van der Waals surface area contributed by atoms with Crippen LogP contribution < -0.4 is 4.90 Å². The number of benzene rings is 1. The molecule has 20 nitrogen and oxygen atoms in total. The van der Waals surface area contributed by atoms with Crippen LogP contribution in [0.4, 0.5) is 19.3 Å². The summed E-state index contributed by atoms with van der Waals surface area (Å²) >= 11 is 0. The van der Waals surface area contributed by atoms with Gasteiger partial charge >= 0.3 is 12.1 Å². The number of hydrogen-bond acceptors (Lipinski definition) is 18. The van der Waals surface area contributed by atoms with Crippen molar-refractivity contribution in [1.82, 2.24) is 24.8 Å². The Bertz CT molecular complexity index is 2160. The number of hydrogen-bond donors (Lipinski definition) is 5. The van der Waals surface area contributed by atoms with Gasteiger partial charge in [0.25, 0.3) is 0 Å². The third-order valence-corrected chi connectivity index (χ3v) is 15.9. The van der Waals surface area contributed by atoms with Gasteiger partial charge in [-0.2, -0.15) is 0 Å². The van der Waals surface area contributed by atoms with E-state index < -0.39 is 132 Å². The molecule has 2 aromatic rings. The summed E-state index contributed by atoms with van der Waals surface area (Å²) in [6, 6.07) is 2.10. The molecular weight excluding hydrogens is 959 g/mol.